The number of ether oxygens (including phenoxy) is 1. The van der Waals surface area contributed by atoms with Crippen molar-refractivity contribution in [3.8, 4) is 0 Å². The van der Waals surface area contributed by atoms with Crippen LogP contribution in [0.1, 0.15) is 6.92 Å². The minimum Gasteiger partial charge on any atom is -0.372 e. The molecule has 2 heterocycles. The highest BCUT2D eigenvalue weighted by molar-refractivity contribution is 5.78. The van der Waals surface area contributed by atoms with E-state index < -0.39 is 0 Å². The number of hydrogen-bond donors (Lipinski definition) is 1. The quantitative estimate of drug-likeness (QED) is 0.728. The average Bonchev–Trinajstić information content (AvgIpc) is 2.80. The van der Waals surface area contributed by atoms with Crippen LogP contribution in [-0.2, 0) is 9.53 Å². The van der Waals surface area contributed by atoms with Gasteiger partial charge in [0, 0.05) is 44.7 Å². The number of nitrogens with zero attached hydrogens (tertiary/aromatic N) is 2. The highest BCUT2D eigenvalue weighted by Crippen LogP contribution is 2.39. The molecule has 0 radical (unpaired) electrons. The van der Waals surface area contributed by atoms with Crippen LogP contribution in [0.2, 0.25) is 0 Å². The molecule has 1 amide bonds. The Morgan fingerprint density at radius 3 is 3.00 bits per heavy atom. The Kier molecular flexibility index (Phi) is 4.25. The van der Waals surface area contributed by atoms with Crippen molar-refractivity contribution in [2.45, 2.75) is 6.92 Å². The van der Waals surface area contributed by atoms with E-state index in [9.17, 15) is 4.79 Å². The molecule has 5 nitrogen and oxygen atoms in total. The van der Waals surface area contributed by atoms with Crippen LogP contribution < -0.4 is 5.32 Å². The number of amides is 1. The smallest absolute Gasteiger partial charge is 0.248 e. The second-order valence-electron chi connectivity index (χ2n) is 5.84. The van der Waals surface area contributed by atoms with Crippen LogP contribution in [0.25, 0.3) is 0 Å². The fourth-order valence-electron chi connectivity index (χ4n) is 3.35. The second-order valence-corrected chi connectivity index (χ2v) is 5.84. The van der Waals surface area contributed by atoms with E-state index in [0.717, 1.165) is 32.7 Å². The molecular weight excluding hydrogens is 230 g/mol. The largest absolute Gasteiger partial charge is 0.372 e. The lowest BCUT2D eigenvalue weighted by Crippen LogP contribution is -2.42. The van der Waals surface area contributed by atoms with Crippen molar-refractivity contribution in [3.63, 3.8) is 0 Å². The first kappa shape index (κ1) is 13.8. The van der Waals surface area contributed by atoms with Gasteiger partial charge in [0.1, 0.15) is 6.61 Å². The van der Waals surface area contributed by atoms with Gasteiger partial charge >= 0.3 is 0 Å². The SMILES string of the molecule is CCOCC(=O)N1CC2CNCC2(CN(C)C)C1. The number of nitrogens with one attached hydrogen (secondary N) is 1. The first-order valence-corrected chi connectivity index (χ1v) is 6.78. The van der Waals surface area contributed by atoms with Gasteiger partial charge in [0.2, 0.25) is 5.91 Å². The van der Waals surface area contributed by atoms with Gasteiger partial charge in [0.05, 0.1) is 0 Å². The molecule has 2 aliphatic heterocycles. The normalized spacial score (nSPS) is 31.1. The van der Waals surface area contributed by atoms with Gasteiger partial charge in [-0.15, -0.1) is 0 Å². The first-order valence-electron chi connectivity index (χ1n) is 6.78. The molecule has 2 saturated heterocycles. The van der Waals surface area contributed by atoms with Gasteiger partial charge in [0.15, 0.2) is 0 Å². The molecular formula is C13H25N3O2. The third-order valence-electron chi connectivity index (χ3n) is 4.09. The van der Waals surface area contributed by atoms with Crippen LogP contribution >= 0.6 is 0 Å². The molecule has 18 heavy (non-hydrogen) atoms. The van der Waals surface area contributed by atoms with Crippen LogP contribution in [0, 0.1) is 11.3 Å². The fourth-order valence-corrected chi connectivity index (χ4v) is 3.35. The highest BCUT2D eigenvalue weighted by Gasteiger charge is 2.50. The van der Waals surface area contributed by atoms with Gasteiger partial charge in [-0.05, 0) is 26.9 Å². The van der Waals surface area contributed by atoms with Crippen LogP contribution in [0.3, 0.4) is 0 Å². The van der Waals surface area contributed by atoms with Gasteiger partial charge in [-0.2, -0.15) is 0 Å². The molecule has 104 valence electrons. The van der Waals surface area contributed by atoms with Crippen LogP contribution in [0.4, 0.5) is 0 Å². The average molecular weight is 255 g/mol. The Labute approximate surface area is 109 Å². The topological polar surface area (TPSA) is 44.8 Å². The first-order chi connectivity index (χ1) is 8.57. The summed E-state index contributed by atoms with van der Waals surface area (Å²) in [7, 11) is 4.21. The Hall–Kier alpha value is -0.650. The summed E-state index contributed by atoms with van der Waals surface area (Å²) in [6, 6.07) is 0. The predicted molar refractivity (Wildman–Crippen MR) is 70.4 cm³/mol. The molecule has 0 bridgehead atoms. The molecule has 0 saturated carbocycles. The number of fused-ring (bicyclic) bond motifs is 1. The zero-order chi connectivity index (χ0) is 13.2. The van der Waals surface area contributed by atoms with E-state index in [2.05, 4.69) is 24.3 Å². The number of carbonyl (C=O) groups excluding carboxylic acids is 1. The summed E-state index contributed by atoms with van der Waals surface area (Å²) in [4.78, 5) is 16.3. The van der Waals surface area contributed by atoms with E-state index in [4.69, 9.17) is 4.74 Å². The highest BCUT2D eigenvalue weighted by atomic mass is 16.5. The van der Waals surface area contributed by atoms with Gasteiger partial charge in [-0.3, -0.25) is 4.79 Å². The third-order valence-corrected chi connectivity index (χ3v) is 4.09. The zero-order valence-electron chi connectivity index (χ0n) is 11.7. The summed E-state index contributed by atoms with van der Waals surface area (Å²) < 4.78 is 5.23. The van der Waals surface area contributed by atoms with Gasteiger partial charge in [-0.1, -0.05) is 0 Å². The van der Waals surface area contributed by atoms with E-state index in [1.807, 2.05) is 11.8 Å². The number of likely N-dealkylation sites (tertiary alicyclic amines) is 1. The minimum atomic E-state index is 0.143. The number of rotatable bonds is 5. The molecule has 2 aliphatic rings. The standard InChI is InChI=1S/C13H25N3O2/c1-4-18-7-12(17)16-6-11-5-14-8-13(11,10-16)9-15(2)3/h11,14H,4-10H2,1-3H3. The molecule has 2 rings (SSSR count). The predicted octanol–water partition coefficient (Wildman–Crippen LogP) is -0.367. The summed E-state index contributed by atoms with van der Waals surface area (Å²) >= 11 is 0. The van der Waals surface area contributed by atoms with Crippen LogP contribution in [-0.4, -0.2) is 75.7 Å². The van der Waals surface area contributed by atoms with E-state index in [0.29, 0.717) is 12.5 Å². The molecule has 0 aromatic carbocycles. The van der Waals surface area contributed by atoms with E-state index in [1.54, 1.807) is 0 Å². The van der Waals surface area contributed by atoms with Gasteiger partial charge in [-0.25, -0.2) is 0 Å². The molecule has 0 aromatic heterocycles. The van der Waals surface area contributed by atoms with Crippen LogP contribution in [0.5, 0.6) is 0 Å². The molecule has 2 unspecified atom stereocenters. The molecule has 0 aliphatic carbocycles. The lowest BCUT2D eigenvalue weighted by molar-refractivity contribution is -0.135. The maximum Gasteiger partial charge on any atom is 0.248 e. The Morgan fingerprint density at radius 1 is 1.56 bits per heavy atom. The molecule has 2 atom stereocenters. The maximum absolute atomic E-state index is 12.0. The molecule has 1 N–H and O–H groups in total. The number of carbonyl (C=O) groups is 1. The van der Waals surface area contributed by atoms with Crippen molar-refractivity contribution in [2.24, 2.45) is 11.3 Å². The molecule has 5 heteroatoms. The summed E-state index contributed by atoms with van der Waals surface area (Å²) in [5, 5.41) is 3.48. The van der Waals surface area contributed by atoms with Gasteiger partial charge < -0.3 is 19.9 Å². The summed E-state index contributed by atoms with van der Waals surface area (Å²) in [6.45, 7) is 7.61. The van der Waals surface area contributed by atoms with Crippen molar-refractivity contribution in [1.29, 1.82) is 0 Å². The molecule has 2 fully saturated rings. The Balaban J connectivity index is 1.97. The Bertz CT molecular complexity index is 309. The fraction of sp³-hybridized carbons (Fsp3) is 0.923. The zero-order valence-corrected chi connectivity index (χ0v) is 11.7. The van der Waals surface area contributed by atoms with E-state index in [-0.39, 0.29) is 17.9 Å². The minimum absolute atomic E-state index is 0.143. The summed E-state index contributed by atoms with van der Waals surface area (Å²) in [5.41, 5.74) is 0.241. The lowest BCUT2D eigenvalue weighted by Gasteiger charge is -2.31. The molecule has 0 spiro atoms. The van der Waals surface area contributed by atoms with Crippen molar-refractivity contribution >= 4 is 5.91 Å². The lowest BCUT2D eigenvalue weighted by atomic mass is 9.80. The van der Waals surface area contributed by atoms with Crippen molar-refractivity contribution in [3.05, 3.63) is 0 Å². The molecule has 0 aromatic rings. The summed E-state index contributed by atoms with van der Waals surface area (Å²) in [6.07, 6.45) is 0. The van der Waals surface area contributed by atoms with E-state index in [1.165, 1.54) is 0 Å². The third kappa shape index (κ3) is 2.68. The monoisotopic (exact) mass is 255 g/mol. The van der Waals surface area contributed by atoms with Crippen molar-refractivity contribution in [2.75, 3.05) is 60.0 Å². The number of hydrogen-bond acceptors (Lipinski definition) is 4. The van der Waals surface area contributed by atoms with E-state index >= 15 is 0 Å². The maximum atomic E-state index is 12.0. The Morgan fingerprint density at radius 2 is 2.33 bits per heavy atom. The van der Waals surface area contributed by atoms with Crippen LogP contribution in [0.15, 0.2) is 0 Å². The second kappa shape index (κ2) is 5.55. The summed E-state index contributed by atoms with van der Waals surface area (Å²) in [5.74, 6) is 0.731. The van der Waals surface area contributed by atoms with Crippen molar-refractivity contribution in [1.82, 2.24) is 15.1 Å². The van der Waals surface area contributed by atoms with Crippen molar-refractivity contribution < 1.29 is 9.53 Å². The van der Waals surface area contributed by atoms with Gasteiger partial charge in [0.25, 0.3) is 0 Å².